The monoisotopic (exact) mass is 419 g/mol. The van der Waals surface area contributed by atoms with Crippen LogP contribution in [0.2, 0.25) is 5.02 Å². The molecule has 2 aromatic rings. The number of benzene rings is 2. The van der Waals surface area contributed by atoms with Gasteiger partial charge in [-0.05, 0) is 48.4 Å². The minimum atomic E-state index is -0.538. The van der Waals surface area contributed by atoms with Gasteiger partial charge in [-0.25, -0.2) is 9.38 Å². The molecule has 0 aromatic heterocycles. The Kier molecular flexibility index (Phi) is 6.70. The molecule has 1 N–H and O–H groups in total. The van der Waals surface area contributed by atoms with E-state index in [1.54, 1.807) is 17.0 Å². The molecular formula is C20H19ClFN3O2S. The number of nitrogens with one attached hydrogen (secondary N) is 1. The Labute approximate surface area is 172 Å². The Bertz CT molecular complexity index is 887. The first-order valence-electron chi connectivity index (χ1n) is 8.73. The van der Waals surface area contributed by atoms with Crippen LogP contribution >= 0.6 is 23.4 Å². The molecule has 5 nitrogen and oxygen atoms in total. The van der Waals surface area contributed by atoms with Crippen LogP contribution in [0.3, 0.4) is 0 Å². The molecule has 28 heavy (non-hydrogen) atoms. The summed E-state index contributed by atoms with van der Waals surface area (Å²) >= 11 is 7.16. The Hall–Kier alpha value is -2.38. The Morgan fingerprint density at radius 3 is 2.57 bits per heavy atom. The predicted octanol–water partition coefficient (Wildman–Crippen LogP) is 3.79. The molecule has 2 amide bonds. The number of hydrogen-bond donors (Lipinski definition) is 1. The quantitative estimate of drug-likeness (QED) is 0.802. The van der Waals surface area contributed by atoms with Crippen molar-refractivity contribution in [2.75, 3.05) is 13.6 Å². The largest absolute Gasteiger partial charge is 0.358 e. The number of carbonyl (C=O) groups is 2. The molecule has 0 saturated carbocycles. The van der Waals surface area contributed by atoms with E-state index in [2.05, 4.69) is 10.3 Å². The summed E-state index contributed by atoms with van der Waals surface area (Å²) in [4.78, 5) is 30.9. The van der Waals surface area contributed by atoms with Gasteiger partial charge in [-0.2, -0.15) is 0 Å². The van der Waals surface area contributed by atoms with Crippen molar-refractivity contribution < 1.29 is 14.0 Å². The highest BCUT2D eigenvalue weighted by Gasteiger charge is 2.35. The van der Waals surface area contributed by atoms with Crippen LogP contribution in [-0.4, -0.2) is 40.7 Å². The molecule has 0 spiro atoms. The summed E-state index contributed by atoms with van der Waals surface area (Å²) in [5.41, 5.74) is 1.56. The number of nitrogens with zero attached hydrogens (tertiary/aromatic N) is 2. The molecule has 1 unspecified atom stereocenters. The van der Waals surface area contributed by atoms with Crippen molar-refractivity contribution in [1.29, 1.82) is 0 Å². The third kappa shape index (κ3) is 5.11. The van der Waals surface area contributed by atoms with Crippen molar-refractivity contribution in [1.82, 2.24) is 10.2 Å². The van der Waals surface area contributed by atoms with E-state index in [-0.39, 0.29) is 24.1 Å². The van der Waals surface area contributed by atoms with E-state index in [4.69, 9.17) is 11.6 Å². The maximum atomic E-state index is 13.2. The number of rotatable bonds is 5. The van der Waals surface area contributed by atoms with Gasteiger partial charge in [-0.1, -0.05) is 35.5 Å². The molecule has 1 aliphatic heterocycles. The van der Waals surface area contributed by atoms with Gasteiger partial charge in [0.05, 0.1) is 10.9 Å². The van der Waals surface area contributed by atoms with Gasteiger partial charge < -0.3 is 5.32 Å². The smallest absolute Gasteiger partial charge is 0.233 e. The third-order valence-electron chi connectivity index (χ3n) is 4.27. The highest BCUT2D eigenvalue weighted by atomic mass is 35.5. The zero-order chi connectivity index (χ0) is 20.1. The molecule has 0 radical (unpaired) electrons. The van der Waals surface area contributed by atoms with Crippen LogP contribution in [-0.2, 0) is 16.0 Å². The van der Waals surface area contributed by atoms with Crippen molar-refractivity contribution in [3.05, 3.63) is 64.9 Å². The van der Waals surface area contributed by atoms with Crippen molar-refractivity contribution in [2.24, 2.45) is 4.99 Å². The van der Waals surface area contributed by atoms with E-state index in [1.807, 2.05) is 12.1 Å². The van der Waals surface area contributed by atoms with Gasteiger partial charge in [0.25, 0.3) is 0 Å². The Morgan fingerprint density at radius 1 is 1.25 bits per heavy atom. The summed E-state index contributed by atoms with van der Waals surface area (Å²) in [6.45, 7) is 0.425. The summed E-state index contributed by atoms with van der Waals surface area (Å²) in [5, 5.41) is 3.13. The number of thioether (sulfide) groups is 1. The lowest BCUT2D eigenvalue weighted by molar-refractivity contribution is -0.130. The maximum absolute atomic E-state index is 13.2. The van der Waals surface area contributed by atoms with E-state index >= 15 is 0 Å². The van der Waals surface area contributed by atoms with Gasteiger partial charge in [0, 0.05) is 25.0 Å². The molecule has 1 saturated heterocycles. The highest BCUT2D eigenvalue weighted by Crippen LogP contribution is 2.29. The van der Waals surface area contributed by atoms with Crippen LogP contribution in [0.25, 0.3) is 0 Å². The number of amides is 2. The Balaban J connectivity index is 1.83. The normalized spacial score (nSPS) is 18.4. The number of halogens is 2. The SMILES string of the molecule is CNC(=O)C1CC(=O)N(CCc2ccc(Cl)cc2)C(=Nc2ccc(F)cc2)S1. The van der Waals surface area contributed by atoms with E-state index in [0.717, 1.165) is 5.56 Å². The van der Waals surface area contributed by atoms with Crippen LogP contribution in [0.1, 0.15) is 12.0 Å². The molecule has 1 fully saturated rings. The summed E-state index contributed by atoms with van der Waals surface area (Å²) in [6, 6.07) is 13.1. The number of amidine groups is 1. The molecule has 3 rings (SSSR count). The van der Waals surface area contributed by atoms with Crippen molar-refractivity contribution in [2.45, 2.75) is 18.1 Å². The first kappa shape index (κ1) is 20.4. The van der Waals surface area contributed by atoms with Crippen LogP contribution < -0.4 is 5.32 Å². The second kappa shape index (κ2) is 9.21. The molecule has 0 aliphatic carbocycles. The number of carbonyl (C=O) groups excluding carboxylic acids is 2. The first-order chi connectivity index (χ1) is 13.5. The molecular weight excluding hydrogens is 401 g/mol. The molecule has 146 valence electrons. The van der Waals surface area contributed by atoms with Gasteiger partial charge in [-0.3, -0.25) is 14.5 Å². The zero-order valence-corrected chi connectivity index (χ0v) is 16.8. The minimum Gasteiger partial charge on any atom is -0.358 e. The van der Waals surface area contributed by atoms with Gasteiger partial charge >= 0.3 is 0 Å². The summed E-state index contributed by atoms with van der Waals surface area (Å²) in [6.07, 6.45) is 0.726. The zero-order valence-electron chi connectivity index (χ0n) is 15.2. The van der Waals surface area contributed by atoms with Crippen LogP contribution in [0.15, 0.2) is 53.5 Å². The van der Waals surface area contributed by atoms with Crippen molar-refractivity contribution >= 4 is 46.0 Å². The molecule has 8 heteroatoms. The fraction of sp³-hybridized carbons (Fsp3) is 0.250. The second-order valence-electron chi connectivity index (χ2n) is 6.22. The van der Waals surface area contributed by atoms with Gasteiger partial charge in [0.2, 0.25) is 11.8 Å². The summed E-state index contributed by atoms with van der Waals surface area (Å²) in [5.74, 6) is -0.746. The molecule has 1 atom stereocenters. The lowest BCUT2D eigenvalue weighted by Gasteiger charge is -2.31. The second-order valence-corrected chi connectivity index (χ2v) is 7.82. The van der Waals surface area contributed by atoms with Crippen molar-refractivity contribution in [3.8, 4) is 0 Å². The Morgan fingerprint density at radius 2 is 1.93 bits per heavy atom. The van der Waals surface area contributed by atoms with Crippen molar-refractivity contribution in [3.63, 3.8) is 0 Å². The highest BCUT2D eigenvalue weighted by molar-refractivity contribution is 8.15. The molecule has 2 aromatic carbocycles. The van der Waals surface area contributed by atoms with Crippen LogP contribution in [0.5, 0.6) is 0 Å². The molecule has 1 heterocycles. The lowest BCUT2D eigenvalue weighted by atomic mass is 10.1. The van der Waals surface area contributed by atoms with Gasteiger partial charge in [0.15, 0.2) is 5.17 Å². The fourth-order valence-corrected chi connectivity index (χ4v) is 4.05. The van der Waals surface area contributed by atoms with Crippen LogP contribution in [0, 0.1) is 5.82 Å². The number of hydrogen-bond acceptors (Lipinski definition) is 4. The standard InChI is InChI=1S/C20H19ClFN3O2S/c1-23-19(27)17-12-18(26)25(11-10-13-2-4-14(21)5-3-13)20(28-17)24-16-8-6-15(22)7-9-16/h2-9,17H,10-12H2,1H3,(H,23,27). The fourth-order valence-electron chi connectivity index (χ4n) is 2.74. The third-order valence-corrected chi connectivity index (χ3v) is 5.71. The average Bonchev–Trinajstić information content (AvgIpc) is 2.69. The lowest BCUT2D eigenvalue weighted by Crippen LogP contribution is -2.46. The minimum absolute atomic E-state index is 0.105. The van der Waals surface area contributed by atoms with E-state index < -0.39 is 5.25 Å². The maximum Gasteiger partial charge on any atom is 0.233 e. The van der Waals surface area contributed by atoms with E-state index in [0.29, 0.717) is 28.8 Å². The average molecular weight is 420 g/mol. The van der Waals surface area contributed by atoms with Gasteiger partial charge in [0.1, 0.15) is 5.82 Å². The molecule has 1 aliphatic rings. The van der Waals surface area contributed by atoms with Crippen LogP contribution in [0.4, 0.5) is 10.1 Å². The molecule has 0 bridgehead atoms. The topological polar surface area (TPSA) is 61.8 Å². The summed E-state index contributed by atoms with van der Waals surface area (Å²) < 4.78 is 13.2. The van der Waals surface area contributed by atoms with E-state index in [9.17, 15) is 14.0 Å². The first-order valence-corrected chi connectivity index (χ1v) is 9.99. The van der Waals surface area contributed by atoms with Gasteiger partial charge in [-0.15, -0.1) is 0 Å². The van der Waals surface area contributed by atoms with E-state index in [1.165, 1.54) is 43.1 Å². The predicted molar refractivity (Wildman–Crippen MR) is 110 cm³/mol. The summed E-state index contributed by atoms with van der Waals surface area (Å²) in [7, 11) is 1.54. The number of aliphatic imine (C=N–C) groups is 1.